The average Bonchev–Trinajstić information content (AvgIpc) is 2.54. The molecule has 1 aromatic carbocycles. The van der Waals surface area contributed by atoms with E-state index in [2.05, 4.69) is 19.2 Å². The number of hydrogen-bond acceptors (Lipinski definition) is 3. The summed E-state index contributed by atoms with van der Waals surface area (Å²) in [7, 11) is 1.64. The molecule has 1 N–H and O–H groups in total. The third-order valence-electron chi connectivity index (χ3n) is 3.93. The predicted molar refractivity (Wildman–Crippen MR) is 96.0 cm³/mol. The van der Waals surface area contributed by atoms with E-state index in [0.717, 1.165) is 24.2 Å². The molecule has 0 aromatic heterocycles. The third-order valence-corrected chi connectivity index (χ3v) is 3.93. The van der Waals surface area contributed by atoms with Gasteiger partial charge in [-0.2, -0.15) is 0 Å². The van der Waals surface area contributed by atoms with E-state index in [9.17, 15) is 9.59 Å². The van der Waals surface area contributed by atoms with Crippen LogP contribution in [0.3, 0.4) is 0 Å². The highest BCUT2D eigenvalue weighted by atomic mass is 16.5. The van der Waals surface area contributed by atoms with Crippen LogP contribution in [0.5, 0.6) is 5.75 Å². The first-order valence-corrected chi connectivity index (χ1v) is 8.57. The van der Waals surface area contributed by atoms with Gasteiger partial charge in [-0.25, -0.2) is 0 Å². The SMILES string of the molecule is COc1ccc(CCNC(=O)CCN(CCC(C)C)C(C)=O)cc1. The average molecular weight is 334 g/mol. The van der Waals surface area contributed by atoms with Crippen molar-refractivity contribution in [2.24, 2.45) is 5.92 Å². The molecule has 0 unspecified atom stereocenters. The summed E-state index contributed by atoms with van der Waals surface area (Å²) >= 11 is 0. The topological polar surface area (TPSA) is 58.6 Å². The summed E-state index contributed by atoms with van der Waals surface area (Å²) in [6, 6.07) is 7.82. The van der Waals surface area contributed by atoms with Crippen LogP contribution in [0.15, 0.2) is 24.3 Å². The fourth-order valence-electron chi connectivity index (χ4n) is 2.30. The number of rotatable bonds is 10. The number of carbonyl (C=O) groups excluding carboxylic acids is 2. The molecular formula is C19H30N2O3. The zero-order valence-electron chi connectivity index (χ0n) is 15.3. The number of nitrogens with one attached hydrogen (secondary N) is 1. The molecule has 0 fully saturated rings. The Bertz CT molecular complexity index is 512. The fraction of sp³-hybridized carbons (Fsp3) is 0.579. The molecule has 5 heteroatoms. The van der Waals surface area contributed by atoms with Crippen LogP contribution in [-0.4, -0.2) is 43.5 Å². The zero-order valence-corrected chi connectivity index (χ0v) is 15.3. The lowest BCUT2D eigenvalue weighted by atomic mass is 10.1. The molecule has 0 aliphatic carbocycles. The van der Waals surface area contributed by atoms with E-state index < -0.39 is 0 Å². The van der Waals surface area contributed by atoms with Crippen molar-refractivity contribution in [3.8, 4) is 5.75 Å². The highest BCUT2D eigenvalue weighted by Crippen LogP contribution is 2.11. The highest BCUT2D eigenvalue weighted by Gasteiger charge is 2.11. The minimum atomic E-state index is -0.0145. The molecule has 0 saturated heterocycles. The van der Waals surface area contributed by atoms with E-state index in [1.165, 1.54) is 0 Å². The molecule has 1 aromatic rings. The van der Waals surface area contributed by atoms with Crippen LogP contribution in [0.1, 0.15) is 39.2 Å². The van der Waals surface area contributed by atoms with E-state index in [-0.39, 0.29) is 11.8 Å². The van der Waals surface area contributed by atoms with Crippen LogP contribution in [0.2, 0.25) is 0 Å². The lowest BCUT2D eigenvalue weighted by Crippen LogP contribution is -2.35. The van der Waals surface area contributed by atoms with Crippen molar-refractivity contribution in [3.63, 3.8) is 0 Å². The van der Waals surface area contributed by atoms with Gasteiger partial charge in [-0.15, -0.1) is 0 Å². The van der Waals surface area contributed by atoms with E-state index in [0.29, 0.717) is 32.0 Å². The number of ether oxygens (including phenoxy) is 1. The van der Waals surface area contributed by atoms with Gasteiger partial charge in [0.15, 0.2) is 0 Å². The Labute approximate surface area is 145 Å². The Kier molecular flexibility index (Phi) is 8.90. The van der Waals surface area contributed by atoms with Gasteiger partial charge < -0.3 is 15.0 Å². The summed E-state index contributed by atoms with van der Waals surface area (Å²) in [6.45, 7) is 7.61. The normalized spacial score (nSPS) is 10.5. The van der Waals surface area contributed by atoms with Crippen LogP contribution in [0.25, 0.3) is 0 Å². The third kappa shape index (κ3) is 7.99. The maximum Gasteiger partial charge on any atom is 0.221 e. The number of hydrogen-bond donors (Lipinski definition) is 1. The van der Waals surface area contributed by atoms with Crippen molar-refractivity contribution in [2.75, 3.05) is 26.7 Å². The largest absolute Gasteiger partial charge is 0.497 e. The molecule has 1 rings (SSSR count). The standard InChI is InChI=1S/C19H30N2O3/c1-15(2)10-13-21(16(3)22)14-11-19(23)20-12-9-17-5-7-18(24-4)8-6-17/h5-8,15H,9-14H2,1-4H3,(H,20,23). The summed E-state index contributed by atoms with van der Waals surface area (Å²) < 4.78 is 5.12. The number of carbonyl (C=O) groups is 2. The molecule has 5 nitrogen and oxygen atoms in total. The second-order valence-corrected chi connectivity index (χ2v) is 6.39. The highest BCUT2D eigenvalue weighted by molar-refractivity contribution is 5.78. The molecule has 0 spiro atoms. The number of benzene rings is 1. The fourth-order valence-corrected chi connectivity index (χ4v) is 2.30. The lowest BCUT2D eigenvalue weighted by Gasteiger charge is -2.21. The van der Waals surface area contributed by atoms with Crippen molar-refractivity contribution in [3.05, 3.63) is 29.8 Å². The summed E-state index contributed by atoms with van der Waals surface area (Å²) in [5.74, 6) is 1.39. The summed E-state index contributed by atoms with van der Waals surface area (Å²) in [5.41, 5.74) is 1.15. The molecular weight excluding hydrogens is 304 g/mol. The van der Waals surface area contributed by atoms with Crippen LogP contribution < -0.4 is 10.1 Å². The van der Waals surface area contributed by atoms with Crippen molar-refractivity contribution in [2.45, 2.75) is 40.0 Å². The number of nitrogens with zero attached hydrogens (tertiary/aromatic N) is 1. The van der Waals surface area contributed by atoms with Gasteiger partial charge in [-0.05, 0) is 36.5 Å². The van der Waals surface area contributed by atoms with E-state index in [1.54, 1.807) is 18.9 Å². The molecule has 0 aliphatic heterocycles. The first kappa shape index (κ1) is 20.0. The smallest absolute Gasteiger partial charge is 0.221 e. The Morgan fingerprint density at radius 1 is 1.17 bits per heavy atom. The van der Waals surface area contributed by atoms with Crippen LogP contribution >= 0.6 is 0 Å². The van der Waals surface area contributed by atoms with Crippen LogP contribution in [0.4, 0.5) is 0 Å². The van der Waals surface area contributed by atoms with Gasteiger partial charge in [0, 0.05) is 33.0 Å². The number of amides is 2. The minimum Gasteiger partial charge on any atom is -0.497 e. The Balaban J connectivity index is 2.27. The quantitative estimate of drug-likeness (QED) is 0.715. The maximum absolute atomic E-state index is 11.9. The van der Waals surface area contributed by atoms with Gasteiger partial charge in [-0.1, -0.05) is 26.0 Å². The molecule has 0 heterocycles. The van der Waals surface area contributed by atoms with Crippen molar-refractivity contribution >= 4 is 11.8 Å². The second kappa shape index (κ2) is 10.7. The Morgan fingerprint density at radius 2 is 1.83 bits per heavy atom. The summed E-state index contributed by atoms with van der Waals surface area (Å²) in [6.07, 6.45) is 2.08. The molecule has 0 saturated carbocycles. The van der Waals surface area contributed by atoms with Gasteiger partial charge in [0.2, 0.25) is 11.8 Å². The van der Waals surface area contributed by atoms with E-state index in [1.807, 2.05) is 24.3 Å². The first-order valence-electron chi connectivity index (χ1n) is 8.57. The van der Waals surface area contributed by atoms with E-state index >= 15 is 0 Å². The molecule has 134 valence electrons. The van der Waals surface area contributed by atoms with Crippen LogP contribution in [-0.2, 0) is 16.0 Å². The second-order valence-electron chi connectivity index (χ2n) is 6.39. The molecule has 0 bridgehead atoms. The van der Waals surface area contributed by atoms with Gasteiger partial charge >= 0.3 is 0 Å². The van der Waals surface area contributed by atoms with Crippen molar-refractivity contribution < 1.29 is 14.3 Å². The molecule has 2 amide bonds. The Hall–Kier alpha value is -2.04. The molecule has 24 heavy (non-hydrogen) atoms. The molecule has 0 radical (unpaired) electrons. The lowest BCUT2D eigenvalue weighted by molar-refractivity contribution is -0.129. The van der Waals surface area contributed by atoms with Gasteiger partial charge in [0.25, 0.3) is 0 Å². The first-order chi connectivity index (χ1) is 11.4. The molecule has 0 atom stereocenters. The van der Waals surface area contributed by atoms with E-state index in [4.69, 9.17) is 4.74 Å². The minimum absolute atomic E-state index is 0.0145. The van der Waals surface area contributed by atoms with Crippen LogP contribution in [0, 0.1) is 5.92 Å². The predicted octanol–water partition coefficient (Wildman–Crippen LogP) is 2.64. The van der Waals surface area contributed by atoms with Gasteiger partial charge in [-0.3, -0.25) is 9.59 Å². The van der Waals surface area contributed by atoms with Crippen molar-refractivity contribution in [1.82, 2.24) is 10.2 Å². The maximum atomic E-state index is 11.9. The van der Waals surface area contributed by atoms with Crippen molar-refractivity contribution in [1.29, 1.82) is 0 Å². The Morgan fingerprint density at radius 3 is 2.38 bits per heavy atom. The van der Waals surface area contributed by atoms with Gasteiger partial charge in [0.1, 0.15) is 5.75 Å². The summed E-state index contributed by atoms with van der Waals surface area (Å²) in [4.78, 5) is 25.3. The number of methoxy groups -OCH3 is 1. The monoisotopic (exact) mass is 334 g/mol. The van der Waals surface area contributed by atoms with Gasteiger partial charge in [0.05, 0.1) is 7.11 Å². The summed E-state index contributed by atoms with van der Waals surface area (Å²) in [5, 5.41) is 2.91. The molecule has 0 aliphatic rings. The zero-order chi connectivity index (χ0) is 17.9.